The van der Waals surface area contributed by atoms with Gasteiger partial charge in [-0.05, 0) is 204 Å². The topological polar surface area (TPSA) is 53.5 Å². The fraction of sp³-hybridized carbons (Fsp3) is 0.0471. The fourth-order valence-electron chi connectivity index (χ4n) is 14.1. The van der Waals surface area contributed by atoms with Crippen molar-refractivity contribution in [1.29, 1.82) is 0 Å². The van der Waals surface area contributed by atoms with Crippen LogP contribution in [0.15, 0.2) is 291 Å². The quantitative estimate of drug-likeness (QED) is 0.137. The number of nitrogens with zero attached hydrogens (tertiary/aromatic N) is 6. The van der Waals surface area contributed by atoms with E-state index in [0.717, 1.165) is 77.6 Å². The predicted octanol–water partition coefficient (Wildman–Crippen LogP) is 22.1. The molecule has 0 aliphatic heterocycles. The highest BCUT2D eigenvalue weighted by atomic mass is 15.0. The van der Waals surface area contributed by atoms with Crippen molar-refractivity contribution < 1.29 is 0 Å². The standard InChI is InChI=1S/C85H60N6/c1-53-19-11-15-27-67(53)60-33-41-77-71(47-60)72-48-61(68-28-16-12-20-54(68)2)34-42-78(72)90(77)65-39-45-81-75(51-65)76-52-66(91-79-43-35-62(69-29-17-13-21-55(69)3)49-73(79)74-50-63(36-44-80(74)91)70-30-18-14-22-56(70)4)40-46-82(76)89(81)64-37-31-59(32-38-64)85-87-83(57-23-7-5-8-24-57)86-84(88-85)58-25-9-6-10-26-58/h5-52H,1-4H3. The molecule has 0 radical (unpaired) electrons. The van der Waals surface area contributed by atoms with Crippen LogP contribution < -0.4 is 0 Å². The van der Waals surface area contributed by atoms with E-state index in [0.29, 0.717) is 17.5 Å². The molecule has 0 atom stereocenters. The lowest BCUT2D eigenvalue weighted by atomic mass is 9.97. The number of aromatic nitrogens is 6. The third kappa shape index (κ3) is 9.05. The number of aryl methyl sites for hydroxylation is 4. The first kappa shape index (κ1) is 53.5. The molecule has 17 rings (SSSR count). The van der Waals surface area contributed by atoms with Gasteiger partial charge < -0.3 is 13.7 Å². The number of benzene rings is 13. The Balaban J connectivity index is 0.889. The highest BCUT2D eigenvalue weighted by Crippen LogP contribution is 2.44. The summed E-state index contributed by atoms with van der Waals surface area (Å²) in [5.41, 5.74) is 27.5. The van der Waals surface area contributed by atoms with E-state index in [9.17, 15) is 0 Å². The molecule has 4 heterocycles. The van der Waals surface area contributed by atoms with Gasteiger partial charge in [0.15, 0.2) is 17.5 Å². The molecule has 0 amide bonds. The summed E-state index contributed by atoms with van der Waals surface area (Å²) in [5.74, 6) is 1.87. The Kier molecular flexibility index (Phi) is 12.7. The summed E-state index contributed by atoms with van der Waals surface area (Å²) in [5, 5.41) is 7.13. The zero-order chi connectivity index (χ0) is 60.8. The molecular formula is C85H60N6. The Labute approximate surface area is 527 Å². The van der Waals surface area contributed by atoms with E-state index >= 15 is 0 Å². The van der Waals surface area contributed by atoms with Crippen LogP contribution in [0.25, 0.3) is 161 Å². The summed E-state index contributed by atoms with van der Waals surface area (Å²) < 4.78 is 7.37. The third-order valence-corrected chi connectivity index (χ3v) is 18.7. The maximum Gasteiger partial charge on any atom is 0.164 e. The Bertz CT molecular complexity index is 5220. The summed E-state index contributed by atoms with van der Waals surface area (Å²) in [6, 6.07) is 106. The van der Waals surface area contributed by atoms with Gasteiger partial charge in [-0.1, -0.05) is 182 Å². The first-order chi connectivity index (χ1) is 44.8. The van der Waals surface area contributed by atoms with Gasteiger partial charge in [-0.15, -0.1) is 0 Å². The minimum Gasteiger partial charge on any atom is -0.309 e. The molecule has 0 fully saturated rings. The zero-order valence-corrected chi connectivity index (χ0v) is 50.9. The average molecular weight is 1170 g/mol. The van der Waals surface area contributed by atoms with Crippen LogP contribution >= 0.6 is 0 Å². The molecule has 0 N–H and O–H groups in total. The summed E-state index contributed by atoms with van der Waals surface area (Å²) in [6.45, 7) is 8.82. The van der Waals surface area contributed by atoms with Gasteiger partial charge in [-0.25, -0.2) is 15.0 Å². The third-order valence-electron chi connectivity index (χ3n) is 18.7. The maximum atomic E-state index is 5.11. The highest BCUT2D eigenvalue weighted by molar-refractivity contribution is 6.16. The molecule has 91 heavy (non-hydrogen) atoms. The molecule has 13 aromatic carbocycles. The lowest BCUT2D eigenvalue weighted by molar-refractivity contribution is 1.07. The largest absolute Gasteiger partial charge is 0.309 e. The van der Waals surface area contributed by atoms with Crippen molar-refractivity contribution in [2.45, 2.75) is 27.7 Å². The van der Waals surface area contributed by atoms with Crippen molar-refractivity contribution >= 4 is 65.4 Å². The normalized spacial score (nSPS) is 11.7. The lowest BCUT2D eigenvalue weighted by Crippen LogP contribution is -2.00. The molecule has 0 bridgehead atoms. The molecule has 0 aliphatic rings. The van der Waals surface area contributed by atoms with Gasteiger partial charge in [0.05, 0.1) is 33.1 Å². The molecular weight excluding hydrogens is 1100 g/mol. The van der Waals surface area contributed by atoms with E-state index in [-0.39, 0.29) is 0 Å². The van der Waals surface area contributed by atoms with E-state index in [2.05, 4.69) is 296 Å². The molecule has 17 aromatic rings. The van der Waals surface area contributed by atoms with Crippen LogP contribution in [0.3, 0.4) is 0 Å². The van der Waals surface area contributed by atoms with Crippen molar-refractivity contribution in [3.63, 3.8) is 0 Å². The number of hydrogen-bond donors (Lipinski definition) is 0. The van der Waals surface area contributed by atoms with Gasteiger partial charge in [0.1, 0.15) is 0 Å². The van der Waals surface area contributed by atoms with Crippen LogP contribution in [-0.2, 0) is 0 Å². The minimum absolute atomic E-state index is 0.613. The number of hydrogen-bond acceptors (Lipinski definition) is 3. The smallest absolute Gasteiger partial charge is 0.164 e. The number of rotatable bonds is 10. The van der Waals surface area contributed by atoms with Crippen LogP contribution in [0, 0.1) is 27.7 Å². The Morgan fingerprint density at radius 3 is 0.736 bits per heavy atom. The second-order valence-electron chi connectivity index (χ2n) is 24.2. The van der Waals surface area contributed by atoms with Crippen LogP contribution in [0.5, 0.6) is 0 Å². The number of fused-ring (bicyclic) bond motifs is 9. The molecule has 6 nitrogen and oxygen atoms in total. The van der Waals surface area contributed by atoms with Crippen LogP contribution in [0.1, 0.15) is 22.3 Å². The Hall–Kier alpha value is -11.7. The first-order valence-electron chi connectivity index (χ1n) is 31.2. The SMILES string of the molecule is Cc1ccccc1-c1ccc2c(c1)c1cc(-c3ccccc3C)ccc1n2-c1ccc2c(c1)c1cc(-n3c4ccc(-c5ccccc5C)cc4c4cc(-c5ccccc5C)ccc43)ccc1n2-c1ccc(-c2nc(-c3ccccc3)nc(-c3ccccc3)n2)cc1. The molecule has 4 aromatic heterocycles. The average Bonchev–Trinajstić information content (AvgIpc) is 1.59. The van der Waals surface area contributed by atoms with Crippen molar-refractivity contribution in [2.24, 2.45) is 0 Å². The lowest BCUT2D eigenvalue weighted by Gasteiger charge is -2.12. The van der Waals surface area contributed by atoms with Gasteiger partial charge in [-0.2, -0.15) is 0 Å². The fourth-order valence-corrected chi connectivity index (χ4v) is 14.1. The van der Waals surface area contributed by atoms with E-state index < -0.39 is 0 Å². The molecule has 0 aliphatic carbocycles. The predicted molar refractivity (Wildman–Crippen MR) is 380 cm³/mol. The van der Waals surface area contributed by atoms with E-state index in [4.69, 9.17) is 15.0 Å². The summed E-state index contributed by atoms with van der Waals surface area (Å²) in [6.07, 6.45) is 0. The second kappa shape index (κ2) is 21.5. The molecule has 0 spiro atoms. The van der Waals surface area contributed by atoms with Crippen molar-refractivity contribution in [2.75, 3.05) is 0 Å². The zero-order valence-electron chi connectivity index (χ0n) is 50.9. The van der Waals surface area contributed by atoms with Gasteiger partial charge in [0.2, 0.25) is 0 Å². The van der Waals surface area contributed by atoms with Gasteiger partial charge >= 0.3 is 0 Å². The van der Waals surface area contributed by atoms with Crippen LogP contribution in [0.4, 0.5) is 0 Å². The molecule has 0 saturated carbocycles. The first-order valence-corrected chi connectivity index (χ1v) is 31.2. The van der Waals surface area contributed by atoms with Crippen molar-refractivity contribution in [3.8, 4) is 95.7 Å². The summed E-state index contributed by atoms with van der Waals surface area (Å²) >= 11 is 0. The van der Waals surface area contributed by atoms with Gasteiger partial charge in [-0.3, -0.25) is 0 Å². The monoisotopic (exact) mass is 1160 g/mol. The van der Waals surface area contributed by atoms with E-state index in [1.165, 1.54) is 88.3 Å². The summed E-state index contributed by atoms with van der Waals surface area (Å²) in [7, 11) is 0. The van der Waals surface area contributed by atoms with Crippen molar-refractivity contribution in [1.82, 2.24) is 28.7 Å². The molecule has 0 saturated heterocycles. The van der Waals surface area contributed by atoms with Crippen molar-refractivity contribution in [3.05, 3.63) is 313 Å². The van der Waals surface area contributed by atoms with Crippen LogP contribution in [-0.4, -0.2) is 28.7 Å². The molecule has 6 heteroatoms. The molecule has 0 unspecified atom stereocenters. The van der Waals surface area contributed by atoms with Crippen LogP contribution in [0.2, 0.25) is 0 Å². The Morgan fingerprint density at radius 2 is 0.429 bits per heavy atom. The second-order valence-corrected chi connectivity index (χ2v) is 24.2. The van der Waals surface area contributed by atoms with Gasteiger partial charge in [0.25, 0.3) is 0 Å². The molecule has 430 valence electrons. The van der Waals surface area contributed by atoms with E-state index in [1.54, 1.807) is 0 Å². The van der Waals surface area contributed by atoms with Gasteiger partial charge in [0, 0.05) is 66.1 Å². The minimum atomic E-state index is 0.613. The Morgan fingerprint density at radius 1 is 0.198 bits per heavy atom. The maximum absolute atomic E-state index is 5.11. The summed E-state index contributed by atoms with van der Waals surface area (Å²) in [4.78, 5) is 15.2. The van der Waals surface area contributed by atoms with E-state index in [1.807, 2.05) is 36.4 Å². The highest BCUT2D eigenvalue weighted by Gasteiger charge is 2.22.